The van der Waals surface area contributed by atoms with E-state index >= 15 is 0 Å². The van der Waals surface area contributed by atoms with Gasteiger partial charge in [-0.2, -0.15) is 5.26 Å². The first kappa shape index (κ1) is 18.3. The third-order valence-corrected chi connectivity index (χ3v) is 3.09. The van der Waals surface area contributed by atoms with Crippen molar-refractivity contribution >= 4 is 6.09 Å². The third kappa shape index (κ3) is 6.15. The Balaban J connectivity index is 1.97. The largest absolute Gasteiger partial charge is 0.486 e. The molecule has 0 unspecified atom stereocenters. The van der Waals surface area contributed by atoms with Crippen molar-refractivity contribution in [1.29, 1.82) is 5.26 Å². The van der Waals surface area contributed by atoms with Gasteiger partial charge in [-0.3, -0.25) is 0 Å². The summed E-state index contributed by atoms with van der Waals surface area (Å²) < 4.78 is 10.8. The van der Waals surface area contributed by atoms with E-state index in [0.717, 1.165) is 5.56 Å². The van der Waals surface area contributed by atoms with Crippen LogP contribution in [0.15, 0.2) is 42.5 Å². The van der Waals surface area contributed by atoms with Crippen molar-refractivity contribution in [2.75, 3.05) is 0 Å². The number of alkyl carbamates (subject to hydrolysis) is 1. The van der Waals surface area contributed by atoms with Crippen molar-refractivity contribution in [2.24, 2.45) is 0 Å². The molecule has 0 aliphatic rings. The fraction of sp³-hybridized carbons (Fsp3) is 0.316. The van der Waals surface area contributed by atoms with Gasteiger partial charge in [0.05, 0.1) is 5.69 Å². The summed E-state index contributed by atoms with van der Waals surface area (Å²) in [4.78, 5) is 15.8. The Labute approximate surface area is 147 Å². The van der Waals surface area contributed by atoms with E-state index in [1.165, 1.54) is 0 Å². The molecule has 1 N–H and O–H groups in total. The minimum Gasteiger partial charge on any atom is -0.486 e. The second-order valence-electron chi connectivity index (χ2n) is 6.49. The number of rotatable bonds is 5. The lowest BCUT2D eigenvalue weighted by Crippen LogP contribution is -2.40. The zero-order valence-electron chi connectivity index (χ0n) is 14.6. The predicted octanol–water partition coefficient (Wildman–Crippen LogP) is 3.56. The minimum atomic E-state index is -0.530. The van der Waals surface area contributed by atoms with Crippen LogP contribution in [-0.2, 0) is 18.0 Å². The monoisotopic (exact) mass is 339 g/mol. The van der Waals surface area contributed by atoms with E-state index in [-0.39, 0.29) is 17.8 Å². The maximum atomic E-state index is 11.7. The number of hydrogen-bond donors (Lipinski definition) is 1. The number of pyridine rings is 1. The molecule has 0 aliphatic heterocycles. The van der Waals surface area contributed by atoms with Crippen molar-refractivity contribution in [1.82, 2.24) is 10.3 Å². The van der Waals surface area contributed by atoms with Gasteiger partial charge in [-0.15, -0.1) is 0 Å². The first-order valence-electron chi connectivity index (χ1n) is 7.89. The Morgan fingerprint density at radius 3 is 2.52 bits per heavy atom. The SMILES string of the molecule is CC(C)(C)NC(=O)OCc1ccc(OCc2ccccc2)c(C#N)n1. The van der Waals surface area contributed by atoms with E-state index in [1.54, 1.807) is 12.1 Å². The quantitative estimate of drug-likeness (QED) is 0.900. The van der Waals surface area contributed by atoms with Crippen molar-refractivity contribution in [3.8, 4) is 11.8 Å². The molecular formula is C19H21N3O3. The van der Waals surface area contributed by atoms with Crippen molar-refractivity contribution in [2.45, 2.75) is 39.5 Å². The number of ether oxygens (including phenoxy) is 2. The Kier molecular flexibility index (Phi) is 5.96. The molecule has 0 atom stereocenters. The maximum absolute atomic E-state index is 11.7. The van der Waals surface area contributed by atoms with Gasteiger partial charge in [0.1, 0.15) is 19.3 Å². The van der Waals surface area contributed by atoms with Gasteiger partial charge in [0, 0.05) is 5.54 Å². The number of carbonyl (C=O) groups is 1. The highest BCUT2D eigenvalue weighted by Gasteiger charge is 2.15. The molecule has 2 aromatic rings. The summed E-state index contributed by atoms with van der Waals surface area (Å²) in [6, 6.07) is 15.0. The Morgan fingerprint density at radius 1 is 1.16 bits per heavy atom. The Morgan fingerprint density at radius 2 is 1.88 bits per heavy atom. The van der Waals surface area contributed by atoms with Crippen LogP contribution in [0.4, 0.5) is 4.79 Å². The number of carbonyl (C=O) groups excluding carboxylic acids is 1. The standard InChI is InChI=1S/C19H21N3O3/c1-19(2,3)22-18(23)25-13-15-9-10-17(16(11-20)21-15)24-12-14-7-5-4-6-8-14/h4-10H,12-13H2,1-3H3,(H,22,23). The van der Waals surface area contributed by atoms with Gasteiger partial charge >= 0.3 is 6.09 Å². The summed E-state index contributed by atoms with van der Waals surface area (Å²) in [5.41, 5.74) is 1.26. The van der Waals surface area contributed by atoms with Crippen molar-refractivity contribution < 1.29 is 14.3 Å². The lowest BCUT2D eigenvalue weighted by atomic mass is 10.1. The van der Waals surface area contributed by atoms with Crippen LogP contribution in [0.25, 0.3) is 0 Å². The van der Waals surface area contributed by atoms with Crippen molar-refractivity contribution in [3.63, 3.8) is 0 Å². The van der Waals surface area contributed by atoms with Gasteiger partial charge in [0.2, 0.25) is 0 Å². The smallest absolute Gasteiger partial charge is 0.407 e. The van der Waals surface area contributed by atoms with Crippen LogP contribution in [-0.4, -0.2) is 16.6 Å². The number of nitrogens with one attached hydrogen (secondary N) is 1. The molecule has 1 heterocycles. The summed E-state index contributed by atoms with van der Waals surface area (Å²) in [6.07, 6.45) is -0.530. The number of nitrogens with zero attached hydrogens (tertiary/aromatic N) is 2. The van der Waals surface area contributed by atoms with Gasteiger partial charge in [0.15, 0.2) is 11.4 Å². The first-order chi connectivity index (χ1) is 11.9. The highest BCUT2D eigenvalue weighted by atomic mass is 16.5. The minimum absolute atomic E-state index is 0.0183. The van der Waals surface area contributed by atoms with Crippen LogP contribution in [0, 0.1) is 11.3 Å². The van der Waals surface area contributed by atoms with Crippen LogP contribution in [0.3, 0.4) is 0 Å². The molecule has 0 aliphatic carbocycles. The van der Waals surface area contributed by atoms with E-state index in [1.807, 2.05) is 57.2 Å². The van der Waals surface area contributed by atoms with Crippen LogP contribution in [0.2, 0.25) is 0 Å². The number of nitriles is 1. The lowest BCUT2D eigenvalue weighted by molar-refractivity contribution is 0.130. The fourth-order valence-electron chi connectivity index (χ4n) is 1.98. The molecule has 25 heavy (non-hydrogen) atoms. The van der Waals surface area contributed by atoms with Gasteiger partial charge in [-0.1, -0.05) is 30.3 Å². The Hall–Kier alpha value is -3.07. The number of benzene rings is 1. The molecule has 0 bridgehead atoms. The van der Waals surface area contributed by atoms with E-state index in [0.29, 0.717) is 18.1 Å². The maximum Gasteiger partial charge on any atom is 0.407 e. The number of amides is 1. The molecule has 2 rings (SSSR count). The van der Waals surface area contributed by atoms with Gasteiger partial charge in [-0.05, 0) is 38.5 Å². The number of aromatic nitrogens is 1. The summed E-state index contributed by atoms with van der Waals surface area (Å²) in [5, 5.41) is 11.9. The average molecular weight is 339 g/mol. The van der Waals surface area contributed by atoms with Crippen LogP contribution in [0.1, 0.15) is 37.7 Å². The molecular weight excluding hydrogens is 318 g/mol. The molecule has 6 nitrogen and oxygen atoms in total. The topological polar surface area (TPSA) is 84.2 Å². The Bertz CT molecular complexity index is 762. The highest BCUT2D eigenvalue weighted by molar-refractivity contribution is 5.68. The van der Waals surface area contributed by atoms with Gasteiger partial charge in [-0.25, -0.2) is 9.78 Å². The lowest BCUT2D eigenvalue weighted by Gasteiger charge is -2.19. The normalized spacial score (nSPS) is 10.6. The zero-order valence-corrected chi connectivity index (χ0v) is 14.6. The van der Waals surface area contributed by atoms with Crippen LogP contribution in [0.5, 0.6) is 5.75 Å². The highest BCUT2D eigenvalue weighted by Crippen LogP contribution is 2.18. The fourth-order valence-corrected chi connectivity index (χ4v) is 1.98. The second-order valence-corrected chi connectivity index (χ2v) is 6.49. The van der Waals surface area contributed by atoms with Crippen molar-refractivity contribution in [3.05, 3.63) is 59.4 Å². The van der Waals surface area contributed by atoms with E-state index in [4.69, 9.17) is 9.47 Å². The summed E-state index contributed by atoms with van der Waals surface area (Å²) in [6.45, 7) is 5.91. The molecule has 0 radical (unpaired) electrons. The summed E-state index contributed by atoms with van der Waals surface area (Å²) in [7, 11) is 0. The number of hydrogen-bond acceptors (Lipinski definition) is 5. The first-order valence-corrected chi connectivity index (χ1v) is 7.89. The molecule has 130 valence electrons. The molecule has 1 aromatic carbocycles. The second kappa shape index (κ2) is 8.15. The summed E-state index contributed by atoms with van der Waals surface area (Å²) in [5.74, 6) is 0.397. The van der Waals surface area contributed by atoms with Gasteiger partial charge in [0.25, 0.3) is 0 Å². The molecule has 1 amide bonds. The zero-order chi connectivity index (χ0) is 18.3. The molecule has 0 fully saturated rings. The van der Waals surface area contributed by atoms with E-state index < -0.39 is 6.09 Å². The molecule has 1 aromatic heterocycles. The molecule has 6 heteroatoms. The van der Waals surface area contributed by atoms with Crippen LogP contribution < -0.4 is 10.1 Å². The summed E-state index contributed by atoms with van der Waals surface area (Å²) >= 11 is 0. The molecule has 0 spiro atoms. The van der Waals surface area contributed by atoms with E-state index in [9.17, 15) is 10.1 Å². The third-order valence-electron chi connectivity index (χ3n) is 3.09. The van der Waals surface area contributed by atoms with E-state index in [2.05, 4.69) is 10.3 Å². The van der Waals surface area contributed by atoms with Gasteiger partial charge < -0.3 is 14.8 Å². The molecule has 0 saturated carbocycles. The average Bonchev–Trinajstić information content (AvgIpc) is 2.58. The van der Waals surface area contributed by atoms with Crippen LogP contribution >= 0.6 is 0 Å². The molecule has 0 saturated heterocycles. The predicted molar refractivity (Wildman–Crippen MR) is 92.8 cm³/mol.